The SMILES string of the molecule is COc1ccc2c(ccn2CC(=O)NC(CO)CCSC)c1. The number of nitrogens with zero attached hydrogens (tertiary/aromatic N) is 1. The van der Waals surface area contributed by atoms with Crippen molar-refractivity contribution in [3.05, 3.63) is 30.5 Å². The Hall–Kier alpha value is -1.66. The molecule has 0 aliphatic heterocycles. The van der Waals surface area contributed by atoms with Crippen LogP contribution in [0.15, 0.2) is 30.5 Å². The van der Waals surface area contributed by atoms with E-state index in [9.17, 15) is 9.90 Å². The Kier molecular flexibility index (Phi) is 6.15. The van der Waals surface area contributed by atoms with Crippen LogP contribution in [0, 0.1) is 0 Å². The number of carbonyl (C=O) groups excluding carboxylic acids is 1. The van der Waals surface area contributed by atoms with Gasteiger partial charge in [0.25, 0.3) is 0 Å². The first-order chi connectivity index (χ1) is 10.7. The van der Waals surface area contributed by atoms with Crippen molar-refractivity contribution < 1.29 is 14.6 Å². The van der Waals surface area contributed by atoms with Crippen LogP contribution < -0.4 is 10.1 Å². The third kappa shape index (κ3) is 4.18. The van der Waals surface area contributed by atoms with Gasteiger partial charge < -0.3 is 19.7 Å². The Morgan fingerprint density at radius 1 is 1.45 bits per heavy atom. The van der Waals surface area contributed by atoms with Gasteiger partial charge in [-0.1, -0.05) is 0 Å². The maximum atomic E-state index is 12.1. The molecule has 0 saturated heterocycles. The Balaban J connectivity index is 2.02. The Morgan fingerprint density at radius 3 is 2.95 bits per heavy atom. The highest BCUT2D eigenvalue weighted by Gasteiger charge is 2.12. The minimum absolute atomic E-state index is 0.0318. The van der Waals surface area contributed by atoms with E-state index in [0.717, 1.165) is 28.8 Å². The molecule has 0 spiro atoms. The summed E-state index contributed by atoms with van der Waals surface area (Å²) in [5.74, 6) is 1.62. The summed E-state index contributed by atoms with van der Waals surface area (Å²) in [6.45, 7) is 0.210. The number of ether oxygens (including phenoxy) is 1. The number of hydrogen-bond donors (Lipinski definition) is 2. The molecule has 1 unspecified atom stereocenters. The number of benzene rings is 1. The molecule has 1 aromatic carbocycles. The normalized spacial score (nSPS) is 12.3. The number of amides is 1. The second-order valence-electron chi connectivity index (χ2n) is 5.10. The van der Waals surface area contributed by atoms with E-state index >= 15 is 0 Å². The second-order valence-corrected chi connectivity index (χ2v) is 6.08. The second kappa shape index (κ2) is 8.10. The summed E-state index contributed by atoms with van der Waals surface area (Å²) < 4.78 is 7.09. The molecule has 0 fully saturated rings. The molecule has 6 heteroatoms. The lowest BCUT2D eigenvalue weighted by Crippen LogP contribution is -2.39. The van der Waals surface area contributed by atoms with Crippen molar-refractivity contribution in [1.82, 2.24) is 9.88 Å². The molecule has 0 saturated carbocycles. The van der Waals surface area contributed by atoms with Crippen LogP contribution in [-0.4, -0.2) is 47.3 Å². The molecule has 0 aliphatic carbocycles. The van der Waals surface area contributed by atoms with Crippen LogP contribution in [-0.2, 0) is 11.3 Å². The van der Waals surface area contributed by atoms with E-state index < -0.39 is 0 Å². The lowest BCUT2D eigenvalue weighted by molar-refractivity contribution is -0.122. The van der Waals surface area contributed by atoms with Crippen LogP contribution in [0.3, 0.4) is 0 Å². The molecule has 5 nitrogen and oxygen atoms in total. The predicted molar refractivity (Wildman–Crippen MR) is 90.5 cm³/mol. The van der Waals surface area contributed by atoms with Crippen molar-refractivity contribution in [2.75, 3.05) is 25.7 Å². The lowest BCUT2D eigenvalue weighted by Gasteiger charge is -2.16. The summed E-state index contributed by atoms with van der Waals surface area (Å²) in [5, 5.41) is 13.2. The number of methoxy groups -OCH3 is 1. The topological polar surface area (TPSA) is 63.5 Å². The van der Waals surface area contributed by atoms with Crippen molar-refractivity contribution in [2.45, 2.75) is 19.0 Å². The predicted octanol–water partition coefficient (Wildman–Crippen LogP) is 1.88. The minimum Gasteiger partial charge on any atom is -0.497 e. The van der Waals surface area contributed by atoms with Gasteiger partial charge in [-0.05, 0) is 42.7 Å². The number of carbonyl (C=O) groups is 1. The van der Waals surface area contributed by atoms with Crippen LogP contribution in [0.1, 0.15) is 6.42 Å². The van der Waals surface area contributed by atoms with Gasteiger partial charge >= 0.3 is 0 Å². The lowest BCUT2D eigenvalue weighted by atomic mass is 10.2. The molecule has 120 valence electrons. The van der Waals surface area contributed by atoms with Gasteiger partial charge in [-0.15, -0.1) is 0 Å². The number of nitrogens with one attached hydrogen (secondary N) is 1. The van der Waals surface area contributed by atoms with Crippen LogP contribution in [0.4, 0.5) is 0 Å². The average Bonchev–Trinajstić information content (AvgIpc) is 2.93. The number of thioether (sulfide) groups is 1. The zero-order valence-corrected chi connectivity index (χ0v) is 13.7. The summed E-state index contributed by atoms with van der Waals surface area (Å²) in [7, 11) is 1.63. The first kappa shape index (κ1) is 16.7. The molecule has 0 aliphatic rings. The molecule has 2 rings (SSSR count). The van der Waals surface area contributed by atoms with Gasteiger partial charge in [0.2, 0.25) is 5.91 Å². The zero-order valence-electron chi connectivity index (χ0n) is 12.9. The van der Waals surface area contributed by atoms with Crippen molar-refractivity contribution in [2.24, 2.45) is 0 Å². The third-order valence-corrected chi connectivity index (χ3v) is 4.19. The Morgan fingerprint density at radius 2 is 2.27 bits per heavy atom. The first-order valence-corrected chi connectivity index (χ1v) is 8.59. The highest BCUT2D eigenvalue weighted by molar-refractivity contribution is 7.98. The molecule has 22 heavy (non-hydrogen) atoms. The molecule has 1 amide bonds. The van der Waals surface area contributed by atoms with Crippen LogP contribution in [0.25, 0.3) is 10.9 Å². The highest BCUT2D eigenvalue weighted by atomic mass is 32.2. The van der Waals surface area contributed by atoms with Crippen molar-refractivity contribution in [1.29, 1.82) is 0 Å². The van der Waals surface area contributed by atoms with Crippen LogP contribution in [0.2, 0.25) is 0 Å². The Labute approximate surface area is 134 Å². The van der Waals surface area contributed by atoms with Gasteiger partial charge in [0, 0.05) is 17.1 Å². The van der Waals surface area contributed by atoms with Crippen LogP contribution in [0.5, 0.6) is 5.75 Å². The number of rotatable bonds is 8. The molecular weight excluding hydrogens is 300 g/mol. The fourth-order valence-electron chi connectivity index (χ4n) is 2.34. The van der Waals surface area contributed by atoms with E-state index in [2.05, 4.69) is 5.32 Å². The molecule has 2 aromatic rings. The van der Waals surface area contributed by atoms with Gasteiger partial charge in [0.1, 0.15) is 12.3 Å². The summed E-state index contributed by atoms with van der Waals surface area (Å²) in [5.41, 5.74) is 0.987. The number of aromatic nitrogens is 1. The van der Waals surface area contributed by atoms with Crippen LogP contribution >= 0.6 is 11.8 Å². The molecular formula is C16H22N2O3S. The van der Waals surface area contributed by atoms with E-state index in [1.54, 1.807) is 18.9 Å². The molecule has 1 aromatic heterocycles. The molecule has 1 atom stereocenters. The molecule has 1 heterocycles. The summed E-state index contributed by atoms with van der Waals surface area (Å²) in [6, 6.07) is 7.55. The van der Waals surface area contributed by atoms with Gasteiger partial charge in [-0.2, -0.15) is 11.8 Å². The van der Waals surface area contributed by atoms with Crippen molar-refractivity contribution >= 4 is 28.6 Å². The number of aliphatic hydroxyl groups is 1. The van der Waals surface area contributed by atoms with E-state index in [1.807, 2.05) is 41.3 Å². The van der Waals surface area contributed by atoms with Crippen molar-refractivity contribution in [3.63, 3.8) is 0 Å². The minimum atomic E-state index is -0.179. The fraction of sp³-hybridized carbons (Fsp3) is 0.438. The zero-order chi connectivity index (χ0) is 15.9. The van der Waals surface area contributed by atoms with E-state index in [0.29, 0.717) is 0 Å². The maximum Gasteiger partial charge on any atom is 0.240 e. The number of fused-ring (bicyclic) bond motifs is 1. The standard InChI is InChI=1S/C16H22N2O3S/c1-21-14-3-4-15-12(9-14)5-7-18(15)10-16(20)17-13(11-19)6-8-22-2/h3-5,7,9,13,19H,6,8,10-11H2,1-2H3,(H,17,20). The average molecular weight is 322 g/mol. The van der Waals surface area contributed by atoms with Gasteiger partial charge in [0.05, 0.1) is 19.8 Å². The first-order valence-electron chi connectivity index (χ1n) is 7.20. The van der Waals surface area contributed by atoms with Gasteiger partial charge in [-0.25, -0.2) is 0 Å². The summed E-state index contributed by atoms with van der Waals surface area (Å²) >= 11 is 1.70. The summed E-state index contributed by atoms with van der Waals surface area (Å²) in [4.78, 5) is 12.1. The highest BCUT2D eigenvalue weighted by Crippen LogP contribution is 2.21. The van der Waals surface area contributed by atoms with E-state index in [1.165, 1.54) is 0 Å². The van der Waals surface area contributed by atoms with Crippen molar-refractivity contribution in [3.8, 4) is 5.75 Å². The Bertz CT molecular complexity index is 627. The third-order valence-electron chi connectivity index (χ3n) is 3.55. The monoisotopic (exact) mass is 322 g/mol. The van der Waals surface area contributed by atoms with E-state index in [-0.39, 0.29) is 25.1 Å². The quantitative estimate of drug-likeness (QED) is 0.779. The van der Waals surface area contributed by atoms with E-state index in [4.69, 9.17) is 4.74 Å². The fourth-order valence-corrected chi connectivity index (χ4v) is 2.86. The van der Waals surface area contributed by atoms with Gasteiger partial charge in [0.15, 0.2) is 0 Å². The molecule has 0 radical (unpaired) electrons. The smallest absolute Gasteiger partial charge is 0.240 e. The molecule has 2 N–H and O–H groups in total. The number of hydrogen-bond acceptors (Lipinski definition) is 4. The largest absolute Gasteiger partial charge is 0.497 e. The number of aliphatic hydroxyl groups excluding tert-OH is 1. The summed E-state index contributed by atoms with van der Waals surface area (Å²) in [6.07, 6.45) is 4.67. The maximum absolute atomic E-state index is 12.1. The van der Waals surface area contributed by atoms with Gasteiger partial charge in [-0.3, -0.25) is 4.79 Å². The molecule has 0 bridgehead atoms.